The first-order chi connectivity index (χ1) is 18.9. The van der Waals surface area contributed by atoms with Crippen molar-refractivity contribution in [2.24, 2.45) is 5.92 Å². The zero-order valence-electron chi connectivity index (χ0n) is 24.3. The van der Waals surface area contributed by atoms with Crippen molar-refractivity contribution in [2.45, 2.75) is 47.8 Å². The molecule has 0 saturated heterocycles. The number of aromatic nitrogens is 1. The Kier molecular flexibility index (Phi) is 17.6. The lowest BCUT2D eigenvalue weighted by Crippen LogP contribution is -2.22. The molecule has 2 aromatic carbocycles. The number of aliphatic hydroxyl groups excluding tert-OH is 1. The molecule has 0 spiro atoms. The second-order valence-corrected chi connectivity index (χ2v) is 9.05. The molecule has 0 fully saturated rings. The molecule has 40 heavy (non-hydrogen) atoms. The van der Waals surface area contributed by atoms with E-state index < -0.39 is 46.7 Å². The molecular weight excluding hydrogens is 535 g/mol. The number of hydrogen-bond acceptors (Lipinski definition) is 6. The lowest BCUT2D eigenvalue weighted by atomic mass is 10.1. The number of nitrogens with one attached hydrogen (secondary N) is 3. The van der Waals surface area contributed by atoms with E-state index in [-0.39, 0.29) is 23.2 Å². The minimum Gasteiger partial charge on any atom is -0.400 e. The molecule has 0 aliphatic heterocycles. The number of likely N-dealkylation sites (N-methyl/N-ethyl adjacent to an activating group) is 1. The van der Waals surface area contributed by atoms with Gasteiger partial charge in [-0.25, -0.2) is 22.0 Å². The van der Waals surface area contributed by atoms with E-state index in [4.69, 9.17) is 9.94 Å². The van der Waals surface area contributed by atoms with Gasteiger partial charge in [0, 0.05) is 42.9 Å². The third kappa shape index (κ3) is 11.6. The van der Waals surface area contributed by atoms with Crippen LogP contribution in [0.4, 0.5) is 27.6 Å². The maximum atomic E-state index is 14.4. The summed E-state index contributed by atoms with van der Waals surface area (Å²) in [5, 5.41) is 10.1. The van der Waals surface area contributed by atoms with E-state index in [0.717, 1.165) is 19.1 Å². The summed E-state index contributed by atoms with van der Waals surface area (Å²) in [4.78, 5) is 22.4. The number of anilines is 1. The van der Waals surface area contributed by atoms with E-state index in [2.05, 4.69) is 36.6 Å². The molecule has 0 amide bonds. The van der Waals surface area contributed by atoms with E-state index in [0.29, 0.717) is 24.7 Å². The van der Waals surface area contributed by atoms with Gasteiger partial charge in [0.1, 0.15) is 5.82 Å². The average Bonchev–Trinajstić information content (AvgIpc) is 2.92. The molecule has 0 saturated carbocycles. The normalized spacial score (nSPS) is 10.4. The molecule has 0 bridgehead atoms. The summed E-state index contributed by atoms with van der Waals surface area (Å²) in [7, 11) is 4.78. The molecule has 3 rings (SSSR count). The molecule has 226 valence electrons. The number of rotatable bonds is 9. The van der Waals surface area contributed by atoms with Crippen LogP contribution in [0.5, 0.6) is 0 Å². The number of pyridine rings is 1. The summed E-state index contributed by atoms with van der Waals surface area (Å²) < 4.78 is 67.5. The van der Waals surface area contributed by atoms with Crippen LogP contribution in [0.3, 0.4) is 0 Å². The van der Waals surface area contributed by atoms with Crippen LogP contribution in [0, 0.1) is 35.0 Å². The molecule has 4 N–H and O–H groups in total. The van der Waals surface area contributed by atoms with Gasteiger partial charge in [0.2, 0.25) is 0 Å². The predicted molar refractivity (Wildman–Crippen MR) is 149 cm³/mol. The van der Waals surface area contributed by atoms with Crippen LogP contribution in [0.15, 0.2) is 29.2 Å². The Morgan fingerprint density at radius 3 is 2.10 bits per heavy atom. The van der Waals surface area contributed by atoms with Crippen LogP contribution in [0.25, 0.3) is 10.9 Å². The molecule has 12 heteroatoms. The number of H-pyrrole nitrogens is 1. The van der Waals surface area contributed by atoms with E-state index in [1.54, 1.807) is 0 Å². The Labute approximate surface area is 232 Å². The number of aromatic amines is 1. The lowest BCUT2D eigenvalue weighted by Gasteiger charge is -2.13. The number of halogens is 5. The van der Waals surface area contributed by atoms with Crippen molar-refractivity contribution in [3.63, 3.8) is 0 Å². The summed E-state index contributed by atoms with van der Waals surface area (Å²) in [6.45, 7) is 10.9. The maximum absolute atomic E-state index is 14.4. The van der Waals surface area contributed by atoms with Crippen molar-refractivity contribution in [1.29, 1.82) is 0 Å². The van der Waals surface area contributed by atoms with Crippen LogP contribution >= 0.6 is 0 Å². The van der Waals surface area contributed by atoms with E-state index in [1.807, 2.05) is 32.8 Å². The first-order valence-electron chi connectivity index (χ1n) is 12.8. The number of aliphatic hydroxyl groups is 1. The zero-order valence-corrected chi connectivity index (χ0v) is 24.3. The Hall–Kier alpha value is -3.06. The molecule has 7 nitrogen and oxygen atoms in total. The van der Waals surface area contributed by atoms with E-state index in [1.165, 1.54) is 12.3 Å². The van der Waals surface area contributed by atoms with Crippen molar-refractivity contribution < 1.29 is 31.9 Å². The van der Waals surface area contributed by atoms with Gasteiger partial charge in [0.15, 0.2) is 28.7 Å². The van der Waals surface area contributed by atoms with Crippen LogP contribution in [-0.2, 0) is 18.0 Å². The van der Waals surface area contributed by atoms with E-state index >= 15 is 0 Å². The molecular formula is C28H41F5N4O3. The number of hydroxylamine groups is 1. The van der Waals surface area contributed by atoms with Gasteiger partial charge in [-0.05, 0) is 38.2 Å². The van der Waals surface area contributed by atoms with Crippen molar-refractivity contribution >= 4 is 16.6 Å². The van der Waals surface area contributed by atoms with Crippen LogP contribution in [0.1, 0.15) is 45.7 Å². The zero-order chi connectivity index (χ0) is 31.0. The molecule has 1 aromatic heterocycles. The molecule has 0 unspecified atom stereocenters. The summed E-state index contributed by atoms with van der Waals surface area (Å²) in [6, 6.07) is 3.09. The Bertz CT molecular complexity index is 1230. The van der Waals surface area contributed by atoms with Crippen molar-refractivity contribution in [3.05, 3.63) is 74.8 Å². The molecule has 0 radical (unpaired) electrons. The fourth-order valence-electron chi connectivity index (χ4n) is 2.95. The molecule has 0 aliphatic carbocycles. The molecule has 1 heterocycles. The quantitative estimate of drug-likeness (QED) is 0.0858. The standard InChI is InChI=1S/C21H21F5N4O2.C4H10.C2H6.CH4O/c1-30(2)4-3-27-17-7-16-13(6-14(17)22)21(31)12(8-28-16)9-29-32-10-11-5-15(23)19(25)20(26)18(11)24;1-4(2)3;2*1-2/h5-8,27,29H,3-4,9-10H2,1-2H3,(H,28,31);4H,1-3H3;1-2H3;2H,1H3. The summed E-state index contributed by atoms with van der Waals surface area (Å²) in [5.41, 5.74) is 2.22. The second-order valence-electron chi connectivity index (χ2n) is 9.05. The largest absolute Gasteiger partial charge is 0.400 e. The fourth-order valence-corrected chi connectivity index (χ4v) is 2.95. The molecule has 0 atom stereocenters. The Morgan fingerprint density at radius 1 is 0.925 bits per heavy atom. The summed E-state index contributed by atoms with van der Waals surface area (Å²) in [6.07, 6.45) is 1.40. The highest BCUT2D eigenvalue weighted by atomic mass is 19.2. The number of benzene rings is 2. The SMILES string of the molecule is CC.CC(C)C.CN(C)CCNc1cc2[nH]cc(CNOCc3cc(F)c(F)c(F)c3F)c(=O)c2cc1F.CO. The van der Waals surface area contributed by atoms with Crippen LogP contribution in [-0.4, -0.2) is 49.3 Å². The minimum absolute atomic E-state index is 0.119. The van der Waals surface area contributed by atoms with Gasteiger partial charge in [-0.3, -0.25) is 9.63 Å². The highest BCUT2D eigenvalue weighted by Crippen LogP contribution is 2.21. The van der Waals surface area contributed by atoms with Crippen molar-refractivity contribution in [3.8, 4) is 0 Å². The summed E-state index contributed by atoms with van der Waals surface area (Å²) in [5.74, 6) is -6.72. The topological polar surface area (TPSA) is 89.6 Å². The lowest BCUT2D eigenvalue weighted by molar-refractivity contribution is 0.0213. The van der Waals surface area contributed by atoms with Crippen molar-refractivity contribution in [2.75, 3.05) is 39.6 Å². The average molecular weight is 577 g/mol. The van der Waals surface area contributed by atoms with Crippen molar-refractivity contribution in [1.82, 2.24) is 15.4 Å². The van der Waals surface area contributed by atoms with Gasteiger partial charge < -0.3 is 20.3 Å². The number of hydrogen-bond donors (Lipinski definition) is 4. The fraction of sp³-hybridized carbons (Fsp3) is 0.464. The predicted octanol–water partition coefficient (Wildman–Crippen LogP) is 5.72. The second kappa shape index (κ2) is 19.1. The summed E-state index contributed by atoms with van der Waals surface area (Å²) >= 11 is 0. The molecule has 0 aliphatic rings. The molecule has 3 aromatic rings. The highest BCUT2D eigenvalue weighted by Gasteiger charge is 2.19. The van der Waals surface area contributed by atoms with Gasteiger partial charge in [0.05, 0.1) is 24.4 Å². The highest BCUT2D eigenvalue weighted by molar-refractivity contribution is 5.82. The minimum atomic E-state index is -1.94. The third-order valence-electron chi connectivity index (χ3n) is 4.69. The smallest absolute Gasteiger partial charge is 0.197 e. The van der Waals surface area contributed by atoms with E-state index in [9.17, 15) is 26.7 Å². The Balaban J connectivity index is 0.00000171. The van der Waals surface area contributed by atoms with Gasteiger partial charge in [-0.1, -0.05) is 34.6 Å². The number of fused-ring (bicyclic) bond motifs is 1. The van der Waals surface area contributed by atoms with Gasteiger partial charge in [-0.2, -0.15) is 5.48 Å². The Morgan fingerprint density at radius 2 is 1.52 bits per heavy atom. The maximum Gasteiger partial charge on any atom is 0.197 e. The van der Waals surface area contributed by atoms with Gasteiger partial charge in [0.25, 0.3) is 0 Å². The third-order valence-corrected chi connectivity index (χ3v) is 4.69. The first kappa shape index (κ1) is 36.9. The van der Waals surface area contributed by atoms with Crippen LogP contribution < -0.4 is 16.2 Å². The monoisotopic (exact) mass is 576 g/mol. The van der Waals surface area contributed by atoms with Crippen LogP contribution in [0.2, 0.25) is 0 Å². The number of nitrogens with zero attached hydrogens (tertiary/aromatic N) is 1. The van der Waals surface area contributed by atoms with Gasteiger partial charge in [-0.15, -0.1) is 0 Å². The van der Waals surface area contributed by atoms with Gasteiger partial charge >= 0.3 is 0 Å². The first-order valence-corrected chi connectivity index (χ1v) is 12.8.